The third-order valence-corrected chi connectivity index (χ3v) is 2.91. The van der Waals surface area contributed by atoms with Crippen LogP contribution in [0.25, 0.3) is 0 Å². The number of carbonyl (C=O) groups is 1. The zero-order valence-corrected chi connectivity index (χ0v) is 11.0. The molecule has 0 spiro atoms. The van der Waals surface area contributed by atoms with Gasteiger partial charge in [0, 0.05) is 22.7 Å². The Kier molecular flexibility index (Phi) is 4.23. The zero-order chi connectivity index (χ0) is 13.7. The maximum Gasteiger partial charge on any atom is 0.257 e. The van der Waals surface area contributed by atoms with Crippen LogP contribution >= 0.6 is 11.5 Å². The number of amides is 1. The Hall–Kier alpha value is -2.23. The van der Waals surface area contributed by atoms with Crippen molar-refractivity contribution in [2.75, 3.05) is 11.9 Å². The van der Waals surface area contributed by atoms with Gasteiger partial charge in [0.1, 0.15) is 12.4 Å². The summed E-state index contributed by atoms with van der Waals surface area (Å²) in [6, 6.07) is 6.86. The second-order valence-corrected chi connectivity index (χ2v) is 4.39. The van der Waals surface area contributed by atoms with Crippen molar-refractivity contribution in [1.82, 2.24) is 9.36 Å². The van der Waals surface area contributed by atoms with E-state index in [2.05, 4.69) is 26.5 Å². The normalized spacial score (nSPS) is 9.58. The molecular formula is C13H11N3O2S. The molecule has 1 amide bonds. The largest absolute Gasteiger partial charge is 0.384 e. The summed E-state index contributed by atoms with van der Waals surface area (Å²) in [5.41, 5.74) is 1.16. The Morgan fingerprint density at radius 1 is 1.53 bits per heavy atom. The number of rotatable bonds is 2. The summed E-state index contributed by atoms with van der Waals surface area (Å²) >= 11 is 1.14. The minimum absolute atomic E-state index is 0.208. The van der Waals surface area contributed by atoms with Gasteiger partial charge >= 0.3 is 0 Å². The lowest BCUT2D eigenvalue weighted by molar-refractivity contribution is 0.102. The summed E-state index contributed by atoms with van der Waals surface area (Å²) in [5.74, 6) is 5.66. The monoisotopic (exact) mass is 273 g/mol. The van der Waals surface area contributed by atoms with Gasteiger partial charge in [-0.25, -0.2) is 4.98 Å². The number of carbonyl (C=O) groups excluding carboxylic acids is 1. The highest BCUT2D eigenvalue weighted by Gasteiger charge is 2.08. The minimum atomic E-state index is -0.260. The molecule has 2 rings (SSSR count). The smallest absolute Gasteiger partial charge is 0.257 e. The van der Waals surface area contributed by atoms with Crippen LogP contribution in [0.2, 0.25) is 0 Å². The van der Waals surface area contributed by atoms with Crippen molar-refractivity contribution in [2.24, 2.45) is 0 Å². The molecule has 2 N–H and O–H groups in total. The maximum absolute atomic E-state index is 12.0. The number of aryl methyl sites for hydroxylation is 1. The number of aliphatic hydroxyl groups is 1. The molecule has 1 heterocycles. The number of hydrogen-bond donors (Lipinski definition) is 2. The first kappa shape index (κ1) is 13.2. The Bertz CT molecular complexity index is 655. The molecular weight excluding hydrogens is 262 g/mol. The van der Waals surface area contributed by atoms with E-state index >= 15 is 0 Å². The van der Waals surface area contributed by atoms with E-state index in [4.69, 9.17) is 5.11 Å². The van der Waals surface area contributed by atoms with Crippen LogP contribution in [0.3, 0.4) is 0 Å². The number of aliphatic hydroxyl groups excluding tert-OH is 1. The Morgan fingerprint density at radius 3 is 3.05 bits per heavy atom. The standard InChI is InChI=1S/C13H11N3O2S/c1-9-14-13(19-16-9)15-12(18)11-6-2-4-10(8-11)5-3-7-17/h2,4,6,8,17H,7H2,1H3,(H,14,15,16,18). The molecule has 0 aliphatic rings. The third kappa shape index (κ3) is 3.61. The molecule has 19 heavy (non-hydrogen) atoms. The van der Waals surface area contributed by atoms with Crippen LogP contribution in [0, 0.1) is 18.8 Å². The van der Waals surface area contributed by atoms with Crippen molar-refractivity contribution in [1.29, 1.82) is 0 Å². The Labute approximate surface area is 114 Å². The van der Waals surface area contributed by atoms with Gasteiger partial charge in [0.25, 0.3) is 5.91 Å². The van der Waals surface area contributed by atoms with E-state index in [1.54, 1.807) is 31.2 Å². The average molecular weight is 273 g/mol. The number of benzene rings is 1. The molecule has 96 valence electrons. The van der Waals surface area contributed by atoms with Crippen molar-refractivity contribution < 1.29 is 9.90 Å². The minimum Gasteiger partial charge on any atom is -0.384 e. The van der Waals surface area contributed by atoms with Crippen molar-refractivity contribution in [2.45, 2.75) is 6.92 Å². The summed E-state index contributed by atoms with van der Waals surface area (Å²) in [5, 5.41) is 11.8. The summed E-state index contributed by atoms with van der Waals surface area (Å²) < 4.78 is 3.99. The van der Waals surface area contributed by atoms with Crippen LogP contribution in [-0.4, -0.2) is 27.0 Å². The fourth-order valence-electron chi connectivity index (χ4n) is 1.40. The van der Waals surface area contributed by atoms with E-state index in [1.807, 2.05) is 0 Å². The highest BCUT2D eigenvalue weighted by molar-refractivity contribution is 7.09. The molecule has 0 aliphatic heterocycles. The van der Waals surface area contributed by atoms with Crippen molar-refractivity contribution in [3.63, 3.8) is 0 Å². The van der Waals surface area contributed by atoms with Crippen molar-refractivity contribution in [3.8, 4) is 11.8 Å². The number of nitrogens with zero attached hydrogens (tertiary/aromatic N) is 2. The number of aromatic nitrogens is 2. The van der Waals surface area contributed by atoms with Crippen LogP contribution in [0.5, 0.6) is 0 Å². The lowest BCUT2D eigenvalue weighted by Gasteiger charge is -2.01. The lowest BCUT2D eigenvalue weighted by atomic mass is 10.1. The van der Waals surface area contributed by atoms with Gasteiger partial charge in [-0.3, -0.25) is 10.1 Å². The SMILES string of the molecule is Cc1nsc(NC(=O)c2cccc(C#CCO)c2)n1. The van der Waals surface area contributed by atoms with Gasteiger partial charge in [0.15, 0.2) is 0 Å². The maximum atomic E-state index is 12.0. The van der Waals surface area contributed by atoms with E-state index in [0.717, 1.165) is 11.5 Å². The number of anilines is 1. The van der Waals surface area contributed by atoms with Crippen molar-refractivity contribution in [3.05, 3.63) is 41.2 Å². The zero-order valence-electron chi connectivity index (χ0n) is 10.2. The predicted octanol–water partition coefficient (Wildman–Crippen LogP) is 1.44. The van der Waals surface area contributed by atoms with E-state index < -0.39 is 0 Å². The quantitative estimate of drug-likeness (QED) is 0.812. The van der Waals surface area contributed by atoms with E-state index in [-0.39, 0.29) is 12.5 Å². The molecule has 0 aliphatic carbocycles. The molecule has 2 aromatic rings. The second kappa shape index (κ2) is 6.09. The molecule has 0 fully saturated rings. The van der Waals surface area contributed by atoms with Crippen LogP contribution in [0.15, 0.2) is 24.3 Å². The van der Waals surface area contributed by atoms with Gasteiger partial charge in [0.05, 0.1) is 0 Å². The van der Waals surface area contributed by atoms with E-state index in [0.29, 0.717) is 22.1 Å². The fourth-order valence-corrected chi connectivity index (χ4v) is 1.97. The molecule has 6 heteroatoms. The van der Waals surface area contributed by atoms with Gasteiger partial charge in [-0.1, -0.05) is 17.9 Å². The van der Waals surface area contributed by atoms with Crippen LogP contribution in [0.4, 0.5) is 5.13 Å². The molecule has 5 nitrogen and oxygen atoms in total. The highest BCUT2D eigenvalue weighted by Crippen LogP contribution is 2.12. The number of nitrogens with one attached hydrogen (secondary N) is 1. The summed E-state index contributed by atoms with van der Waals surface area (Å²) in [6.07, 6.45) is 0. The highest BCUT2D eigenvalue weighted by atomic mass is 32.1. The molecule has 1 aromatic heterocycles. The summed E-state index contributed by atoms with van der Waals surface area (Å²) in [4.78, 5) is 16.0. The topological polar surface area (TPSA) is 75.1 Å². The van der Waals surface area contributed by atoms with E-state index in [9.17, 15) is 4.79 Å². The van der Waals surface area contributed by atoms with Gasteiger partial charge in [-0.15, -0.1) is 0 Å². The molecule has 0 atom stereocenters. The van der Waals surface area contributed by atoms with Crippen LogP contribution < -0.4 is 5.32 Å². The first-order chi connectivity index (χ1) is 9.19. The van der Waals surface area contributed by atoms with E-state index in [1.165, 1.54) is 0 Å². The van der Waals surface area contributed by atoms with Gasteiger partial charge in [0.2, 0.25) is 5.13 Å². The molecule has 0 bridgehead atoms. The Morgan fingerprint density at radius 2 is 2.37 bits per heavy atom. The first-order valence-electron chi connectivity index (χ1n) is 5.50. The molecule has 0 saturated carbocycles. The van der Waals surface area contributed by atoms with Crippen LogP contribution in [0.1, 0.15) is 21.7 Å². The number of hydrogen-bond acceptors (Lipinski definition) is 5. The Balaban J connectivity index is 2.15. The molecule has 0 unspecified atom stereocenters. The molecule has 0 saturated heterocycles. The second-order valence-electron chi connectivity index (χ2n) is 3.64. The van der Waals surface area contributed by atoms with Gasteiger partial charge in [-0.05, 0) is 25.1 Å². The van der Waals surface area contributed by atoms with Crippen LogP contribution in [-0.2, 0) is 0 Å². The van der Waals surface area contributed by atoms with Gasteiger partial charge < -0.3 is 5.11 Å². The summed E-state index contributed by atoms with van der Waals surface area (Å²) in [7, 11) is 0. The fraction of sp³-hybridized carbons (Fsp3) is 0.154. The summed E-state index contributed by atoms with van der Waals surface area (Å²) in [6.45, 7) is 1.55. The third-order valence-electron chi connectivity index (χ3n) is 2.18. The first-order valence-corrected chi connectivity index (χ1v) is 6.28. The lowest BCUT2D eigenvalue weighted by Crippen LogP contribution is -2.11. The average Bonchev–Trinajstić information content (AvgIpc) is 2.82. The molecule has 1 aromatic carbocycles. The molecule has 0 radical (unpaired) electrons. The van der Waals surface area contributed by atoms with Crippen molar-refractivity contribution >= 4 is 22.6 Å². The predicted molar refractivity (Wildman–Crippen MR) is 73.0 cm³/mol. The van der Waals surface area contributed by atoms with Gasteiger partial charge in [-0.2, -0.15) is 4.37 Å².